The highest BCUT2D eigenvalue weighted by atomic mass is 19.4. The van der Waals surface area contributed by atoms with Gasteiger partial charge in [0.25, 0.3) is 6.08 Å². The van der Waals surface area contributed by atoms with Crippen LogP contribution in [0.25, 0.3) is 0 Å². The molecule has 0 N–H and O–H groups in total. The van der Waals surface area contributed by atoms with E-state index in [0.717, 1.165) is 0 Å². The molecule has 130 valence electrons. The number of ether oxygens (including phenoxy) is 1. The van der Waals surface area contributed by atoms with Crippen molar-refractivity contribution in [2.45, 2.75) is 25.3 Å². The largest absolute Gasteiger partial charge is 0.464 e. The first-order chi connectivity index (χ1) is 10.4. The van der Waals surface area contributed by atoms with Crippen molar-refractivity contribution in [2.75, 3.05) is 6.61 Å². The fraction of sp³-hybridized carbons (Fsp3) is 0.455. The topological polar surface area (TPSA) is 44.1 Å². The van der Waals surface area contributed by atoms with Crippen LogP contribution in [0.2, 0.25) is 0 Å². The molecule has 0 saturated carbocycles. The Kier molecular flexibility index (Phi) is 5.72. The van der Waals surface area contributed by atoms with Gasteiger partial charge in [-0.15, -0.1) is 0 Å². The van der Waals surface area contributed by atoms with Gasteiger partial charge in [-0.2, -0.15) is 40.2 Å². The molecule has 4 nitrogen and oxygen atoms in total. The summed E-state index contributed by atoms with van der Waals surface area (Å²) in [7, 11) is 0. The van der Waals surface area contributed by atoms with E-state index >= 15 is 0 Å². The van der Waals surface area contributed by atoms with E-state index < -0.39 is 55.4 Å². The molecule has 0 amide bonds. The molecule has 1 rings (SSSR count). The minimum Gasteiger partial charge on any atom is -0.464 e. The first kappa shape index (κ1) is 18.9. The number of carbonyl (C=O) groups excluding carboxylic acids is 1. The molecule has 0 aliphatic rings. The van der Waals surface area contributed by atoms with Crippen LogP contribution in [0.1, 0.15) is 17.8 Å². The first-order valence-electron chi connectivity index (χ1n) is 5.80. The Morgan fingerprint density at radius 3 is 2.26 bits per heavy atom. The number of hydrogen-bond acceptors (Lipinski definition) is 3. The van der Waals surface area contributed by atoms with Crippen LogP contribution >= 0.6 is 0 Å². The lowest BCUT2D eigenvalue weighted by Crippen LogP contribution is -2.21. The summed E-state index contributed by atoms with van der Waals surface area (Å²) in [5.74, 6) is -1.35. The summed E-state index contributed by atoms with van der Waals surface area (Å²) in [4.78, 5) is 11.3. The molecule has 12 heteroatoms. The average Bonchev–Trinajstić information content (AvgIpc) is 2.78. The summed E-state index contributed by atoms with van der Waals surface area (Å²) in [6.07, 6.45) is -12.3. The minimum atomic E-state index is -5.17. The van der Waals surface area contributed by atoms with Gasteiger partial charge in [-0.05, 0) is 6.08 Å². The monoisotopic (exact) mass is 352 g/mol. The second kappa shape index (κ2) is 6.96. The molecule has 1 heterocycles. The van der Waals surface area contributed by atoms with Crippen LogP contribution in [0.3, 0.4) is 0 Å². The third kappa shape index (κ3) is 5.87. The lowest BCUT2D eigenvalue weighted by Gasteiger charge is -2.09. The van der Waals surface area contributed by atoms with Gasteiger partial charge in [0.15, 0.2) is 5.69 Å². The number of nitrogens with zero attached hydrogens (tertiary/aromatic N) is 2. The van der Waals surface area contributed by atoms with Crippen molar-refractivity contribution >= 4 is 5.97 Å². The van der Waals surface area contributed by atoms with Crippen molar-refractivity contribution < 1.29 is 44.7 Å². The molecule has 0 radical (unpaired) electrons. The van der Waals surface area contributed by atoms with Crippen molar-refractivity contribution in [3.05, 3.63) is 29.6 Å². The Morgan fingerprint density at radius 1 is 1.17 bits per heavy atom. The maximum atomic E-state index is 12.6. The first-order valence-corrected chi connectivity index (χ1v) is 5.80. The van der Waals surface area contributed by atoms with Gasteiger partial charge in [-0.25, -0.2) is 4.68 Å². The Labute approximate surface area is 123 Å². The molecular weight excluding hydrogens is 344 g/mol. The summed E-state index contributed by atoms with van der Waals surface area (Å²) in [5, 5.41) is 2.68. The zero-order valence-corrected chi connectivity index (χ0v) is 11.0. The van der Waals surface area contributed by atoms with Crippen LogP contribution in [0.4, 0.5) is 35.1 Å². The van der Waals surface area contributed by atoms with E-state index in [1.807, 2.05) is 0 Å². The van der Waals surface area contributed by atoms with Crippen LogP contribution in [0.5, 0.6) is 0 Å². The lowest BCUT2D eigenvalue weighted by atomic mass is 10.3. The van der Waals surface area contributed by atoms with Gasteiger partial charge in [0, 0.05) is 12.5 Å². The standard InChI is InChI=1S/C11H8F8N2O2/c12-8(13)2-1-3-23-9(22)5-21-7(11(17,18)19)4-6(20-21)10(14,15)16/h2,4H,1,3,5H2. The maximum Gasteiger partial charge on any atom is 0.435 e. The number of carbonyl (C=O) groups is 1. The smallest absolute Gasteiger partial charge is 0.435 e. The number of hydrogen-bond donors (Lipinski definition) is 0. The van der Waals surface area contributed by atoms with Gasteiger partial charge in [-0.3, -0.25) is 4.79 Å². The Morgan fingerprint density at radius 2 is 1.78 bits per heavy atom. The number of halogens is 8. The van der Waals surface area contributed by atoms with E-state index in [4.69, 9.17) is 0 Å². The van der Waals surface area contributed by atoms with E-state index in [1.54, 1.807) is 0 Å². The Bertz CT molecular complexity index is 584. The van der Waals surface area contributed by atoms with E-state index in [2.05, 4.69) is 9.84 Å². The molecule has 0 atom stereocenters. The molecular formula is C11H8F8N2O2. The van der Waals surface area contributed by atoms with Crippen LogP contribution in [0, 0.1) is 0 Å². The SMILES string of the molecule is O=C(Cn1nc(C(F)(F)F)cc1C(F)(F)F)OCCC=C(F)F. The van der Waals surface area contributed by atoms with Gasteiger partial charge >= 0.3 is 18.3 Å². The van der Waals surface area contributed by atoms with Crippen LogP contribution in [-0.4, -0.2) is 22.4 Å². The van der Waals surface area contributed by atoms with Gasteiger partial charge in [0.2, 0.25) is 0 Å². The maximum absolute atomic E-state index is 12.6. The van der Waals surface area contributed by atoms with Crippen molar-refractivity contribution in [1.29, 1.82) is 0 Å². The van der Waals surface area contributed by atoms with Gasteiger partial charge in [-0.1, -0.05) is 0 Å². The molecule has 0 aromatic carbocycles. The molecule has 0 saturated heterocycles. The zero-order chi connectivity index (χ0) is 17.8. The molecule has 0 unspecified atom stereocenters. The molecule has 1 aromatic heterocycles. The van der Waals surface area contributed by atoms with Crippen LogP contribution in [0.15, 0.2) is 18.2 Å². The highest BCUT2D eigenvalue weighted by molar-refractivity contribution is 5.69. The Balaban J connectivity index is 2.84. The second-order valence-corrected chi connectivity index (χ2v) is 4.07. The lowest BCUT2D eigenvalue weighted by molar-refractivity contribution is -0.150. The molecule has 0 aliphatic heterocycles. The van der Waals surface area contributed by atoms with Crippen molar-refractivity contribution in [1.82, 2.24) is 9.78 Å². The van der Waals surface area contributed by atoms with E-state index in [9.17, 15) is 39.9 Å². The summed E-state index contributed by atoms with van der Waals surface area (Å²) < 4.78 is 103. The Hall–Kier alpha value is -2.14. The number of rotatable bonds is 5. The number of alkyl halides is 6. The number of esters is 1. The van der Waals surface area contributed by atoms with Gasteiger partial charge in [0.1, 0.15) is 12.2 Å². The molecule has 0 spiro atoms. The highest BCUT2D eigenvalue weighted by Gasteiger charge is 2.42. The fourth-order valence-corrected chi connectivity index (χ4v) is 1.41. The summed E-state index contributed by atoms with van der Waals surface area (Å²) >= 11 is 0. The molecule has 23 heavy (non-hydrogen) atoms. The van der Waals surface area contributed by atoms with Gasteiger partial charge < -0.3 is 4.74 Å². The third-order valence-corrected chi connectivity index (χ3v) is 2.32. The summed E-state index contributed by atoms with van der Waals surface area (Å²) in [6, 6.07) is -0.242. The van der Waals surface area contributed by atoms with E-state index in [1.165, 1.54) is 0 Å². The van der Waals surface area contributed by atoms with Crippen LogP contribution in [-0.2, 0) is 28.4 Å². The molecule has 0 fully saturated rings. The molecule has 1 aromatic rings. The minimum absolute atomic E-state index is 0.198. The predicted molar refractivity (Wildman–Crippen MR) is 58.1 cm³/mol. The van der Waals surface area contributed by atoms with Crippen molar-refractivity contribution in [3.63, 3.8) is 0 Å². The predicted octanol–water partition coefficient (Wildman–Crippen LogP) is 3.63. The van der Waals surface area contributed by atoms with Gasteiger partial charge in [0.05, 0.1) is 6.61 Å². The normalized spacial score (nSPS) is 12.2. The average molecular weight is 352 g/mol. The molecule has 0 aliphatic carbocycles. The summed E-state index contributed by atoms with van der Waals surface area (Å²) in [5.41, 5.74) is -3.60. The zero-order valence-electron chi connectivity index (χ0n) is 11.0. The van der Waals surface area contributed by atoms with E-state index in [0.29, 0.717) is 6.08 Å². The number of aromatic nitrogens is 2. The third-order valence-electron chi connectivity index (χ3n) is 2.32. The van der Waals surface area contributed by atoms with Crippen molar-refractivity contribution in [2.24, 2.45) is 0 Å². The van der Waals surface area contributed by atoms with Crippen molar-refractivity contribution in [3.8, 4) is 0 Å². The molecule has 0 bridgehead atoms. The highest BCUT2D eigenvalue weighted by Crippen LogP contribution is 2.35. The second-order valence-electron chi connectivity index (χ2n) is 4.07. The van der Waals surface area contributed by atoms with Crippen LogP contribution < -0.4 is 0 Å². The quantitative estimate of drug-likeness (QED) is 0.462. The summed E-state index contributed by atoms with van der Waals surface area (Å²) in [6.45, 7) is -1.81. The fourth-order valence-electron chi connectivity index (χ4n) is 1.41. The van der Waals surface area contributed by atoms with E-state index in [-0.39, 0.29) is 10.7 Å².